The number of halogens is 1. The molecule has 0 aliphatic rings. The Morgan fingerprint density at radius 3 is 2.31 bits per heavy atom. The number of hydrazine groups is 1. The number of amides is 1. The number of anilines is 2. The molecule has 13 heavy (non-hydrogen) atoms. The number of benzene rings is 1. The Balaban J connectivity index is 0.00000144. The average Bonchev–Trinajstić information content (AvgIpc) is 2.17. The van der Waals surface area contributed by atoms with Gasteiger partial charge in [0.25, 0.3) is 0 Å². The molecule has 0 unspecified atom stereocenters. The van der Waals surface area contributed by atoms with Crippen LogP contribution in [0, 0.1) is 0 Å². The van der Waals surface area contributed by atoms with Gasteiger partial charge in [0.1, 0.15) is 0 Å². The van der Waals surface area contributed by atoms with E-state index in [9.17, 15) is 4.79 Å². The summed E-state index contributed by atoms with van der Waals surface area (Å²) in [6, 6.07) is 7.22. The van der Waals surface area contributed by atoms with Crippen LogP contribution in [0.3, 0.4) is 0 Å². The molecule has 1 amide bonds. The number of nitrogens with zero attached hydrogens (tertiary/aromatic N) is 1. The van der Waals surface area contributed by atoms with E-state index < -0.39 is 0 Å². The SMILES string of the molecule is CN(C=O)c1ccc(NN)cc1.Cl. The van der Waals surface area contributed by atoms with Gasteiger partial charge < -0.3 is 10.3 Å². The van der Waals surface area contributed by atoms with Gasteiger partial charge in [-0.3, -0.25) is 10.6 Å². The van der Waals surface area contributed by atoms with E-state index in [4.69, 9.17) is 5.84 Å². The van der Waals surface area contributed by atoms with Crippen molar-refractivity contribution in [2.45, 2.75) is 0 Å². The minimum atomic E-state index is 0. The lowest BCUT2D eigenvalue weighted by Crippen LogP contribution is -2.13. The van der Waals surface area contributed by atoms with Crippen molar-refractivity contribution in [3.05, 3.63) is 24.3 Å². The number of nitrogen functional groups attached to an aromatic ring is 1. The summed E-state index contributed by atoms with van der Waals surface area (Å²) in [7, 11) is 1.69. The first kappa shape index (κ1) is 11.7. The molecule has 0 aliphatic carbocycles. The molecule has 1 aromatic rings. The zero-order valence-corrected chi connectivity index (χ0v) is 8.04. The van der Waals surface area contributed by atoms with Crippen molar-refractivity contribution in [2.75, 3.05) is 17.4 Å². The van der Waals surface area contributed by atoms with E-state index in [1.807, 2.05) is 12.1 Å². The molecule has 0 heterocycles. The molecule has 4 nitrogen and oxygen atoms in total. The molecular formula is C8H12ClN3O. The predicted molar refractivity (Wildman–Crippen MR) is 56.0 cm³/mol. The molecular weight excluding hydrogens is 190 g/mol. The van der Waals surface area contributed by atoms with Crippen LogP contribution in [0.25, 0.3) is 0 Å². The molecule has 0 radical (unpaired) electrons. The molecule has 72 valence electrons. The Kier molecular flexibility index (Phi) is 4.87. The summed E-state index contributed by atoms with van der Waals surface area (Å²) in [4.78, 5) is 11.8. The molecule has 0 aliphatic heterocycles. The van der Waals surface area contributed by atoms with Gasteiger partial charge >= 0.3 is 0 Å². The van der Waals surface area contributed by atoms with E-state index in [1.165, 1.54) is 4.90 Å². The second-order valence-corrected chi connectivity index (χ2v) is 2.41. The summed E-state index contributed by atoms with van der Waals surface area (Å²) in [5, 5.41) is 0. The Hall–Kier alpha value is -1.26. The molecule has 0 saturated carbocycles. The molecule has 0 fully saturated rings. The van der Waals surface area contributed by atoms with E-state index >= 15 is 0 Å². The zero-order valence-electron chi connectivity index (χ0n) is 7.23. The van der Waals surface area contributed by atoms with Gasteiger partial charge in [-0.15, -0.1) is 12.4 Å². The van der Waals surface area contributed by atoms with Crippen molar-refractivity contribution in [1.29, 1.82) is 0 Å². The van der Waals surface area contributed by atoms with Gasteiger partial charge in [-0.1, -0.05) is 0 Å². The fraction of sp³-hybridized carbons (Fsp3) is 0.125. The first-order valence-electron chi connectivity index (χ1n) is 3.52. The molecule has 0 atom stereocenters. The maximum absolute atomic E-state index is 10.3. The minimum absolute atomic E-state index is 0. The van der Waals surface area contributed by atoms with Crippen LogP contribution < -0.4 is 16.2 Å². The maximum Gasteiger partial charge on any atom is 0.213 e. The van der Waals surface area contributed by atoms with E-state index in [2.05, 4.69) is 5.43 Å². The lowest BCUT2D eigenvalue weighted by atomic mass is 10.3. The van der Waals surface area contributed by atoms with Crippen molar-refractivity contribution in [3.8, 4) is 0 Å². The monoisotopic (exact) mass is 201 g/mol. The highest BCUT2D eigenvalue weighted by molar-refractivity contribution is 5.85. The van der Waals surface area contributed by atoms with Crippen LogP contribution in [0.4, 0.5) is 11.4 Å². The highest BCUT2D eigenvalue weighted by Crippen LogP contribution is 2.14. The molecule has 0 aromatic heterocycles. The number of nitrogens with two attached hydrogens (primary N) is 1. The number of hydrogen-bond acceptors (Lipinski definition) is 3. The molecule has 0 bridgehead atoms. The summed E-state index contributed by atoms with van der Waals surface area (Å²) in [6.07, 6.45) is 0.755. The quantitative estimate of drug-likeness (QED) is 0.436. The lowest BCUT2D eigenvalue weighted by molar-refractivity contribution is -0.107. The second kappa shape index (κ2) is 5.40. The van der Waals surface area contributed by atoms with Gasteiger partial charge in [0.05, 0.1) is 0 Å². The van der Waals surface area contributed by atoms with Crippen molar-refractivity contribution in [1.82, 2.24) is 0 Å². The standard InChI is InChI=1S/C8H11N3O.ClH/c1-11(6-12)8-4-2-7(10-9)3-5-8;/h2-6,10H,9H2,1H3;1H. The summed E-state index contributed by atoms with van der Waals surface area (Å²) in [6.45, 7) is 0. The first-order chi connectivity index (χ1) is 5.77. The van der Waals surface area contributed by atoms with Gasteiger partial charge in [-0.2, -0.15) is 0 Å². The van der Waals surface area contributed by atoms with Gasteiger partial charge in [-0.25, -0.2) is 0 Å². The van der Waals surface area contributed by atoms with Crippen LogP contribution in [-0.4, -0.2) is 13.5 Å². The Labute approximate surface area is 83.1 Å². The van der Waals surface area contributed by atoms with Crippen LogP contribution in [0.15, 0.2) is 24.3 Å². The van der Waals surface area contributed by atoms with Crippen LogP contribution >= 0.6 is 12.4 Å². The van der Waals surface area contributed by atoms with Gasteiger partial charge in [-0.05, 0) is 24.3 Å². The third-order valence-corrected chi connectivity index (χ3v) is 1.60. The smallest absolute Gasteiger partial charge is 0.213 e. The Bertz CT molecular complexity index is 263. The number of nitrogens with one attached hydrogen (secondary N) is 1. The fourth-order valence-electron chi connectivity index (χ4n) is 0.854. The summed E-state index contributed by atoms with van der Waals surface area (Å²) in [5.74, 6) is 5.18. The van der Waals surface area contributed by atoms with Crippen molar-refractivity contribution < 1.29 is 4.79 Å². The van der Waals surface area contributed by atoms with E-state index in [1.54, 1.807) is 19.2 Å². The highest BCUT2D eigenvalue weighted by atomic mass is 35.5. The fourth-order valence-corrected chi connectivity index (χ4v) is 0.854. The van der Waals surface area contributed by atoms with E-state index in [0.717, 1.165) is 17.8 Å². The summed E-state index contributed by atoms with van der Waals surface area (Å²) >= 11 is 0. The van der Waals surface area contributed by atoms with Gasteiger partial charge in [0, 0.05) is 18.4 Å². The Morgan fingerprint density at radius 2 is 1.92 bits per heavy atom. The van der Waals surface area contributed by atoms with Crippen LogP contribution in [0.5, 0.6) is 0 Å². The van der Waals surface area contributed by atoms with Crippen LogP contribution in [-0.2, 0) is 4.79 Å². The topological polar surface area (TPSA) is 58.4 Å². The highest BCUT2D eigenvalue weighted by Gasteiger charge is 1.96. The summed E-state index contributed by atoms with van der Waals surface area (Å²) in [5.41, 5.74) is 4.16. The van der Waals surface area contributed by atoms with Crippen molar-refractivity contribution in [2.24, 2.45) is 5.84 Å². The van der Waals surface area contributed by atoms with Gasteiger partial charge in [0.15, 0.2) is 0 Å². The molecule has 3 N–H and O–H groups in total. The average molecular weight is 202 g/mol. The molecule has 1 rings (SSSR count). The Morgan fingerprint density at radius 1 is 1.38 bits per heavy atom. The first-order valence-corrected chi connectivity index (χ1v) is 3.52. The van der Waals surface area contributed by atoms with Crippen molar-refractivity contribution >= 4 is 30.2 Å². The molecule has 5 heteroatoms. The third-order valence-electron chi connectivity index (χ3n) is 1.60. The van der Waals surface area contributed by atoms with E-state index in [-0.39, 0.29) is 12.4 Å². The number of hydrogen-bond donors (Lipinski definition) is 2. The number of carbonyl (C=O) groups is 1. The molecule has 1 aromatic carbocycles. The third kappa shape index (κ3) is 2.93. The van der Waals surface area contributed by atoms with E-state index in [0.29, 0.717) is 0 Å². The second-order valence-electron chi connectivity index (χ2n) is 2.41. The zero-order chi connectivity index (χ0) is 8.97. The van der Waals surface area contributed by atoms with Crippen molar-refractivity contribution in [3.63, 3.8) is 0 Å². The minimum Gasteiger partial charge on any atom is -0.324 e. The van der Waals surface area contributed by atoms with Crippen LogP contribution in [0.2, 0.25) is 0 Å². The largest absolute Gasteiger partial charge is 0.324 e. The lowest BCUT2D eigenvalue weighted by Gasteiger charge is -2.10. The predicted octanol–water partition coefficient (Wildman–Crippen LogP) is 0.987. The van der Waals surface area contributed by atoms with Gasteiger partial charge in [0.2, 0.25) is 6.41 Å². The summed E-state index contributed by atoms with van der Waals surface area (Å²) < 4.78 is 0. The normalized spacial score (nSPS) is 8.46. The molecule has 0 saturated heterocycles. The van der Waals surface area contributed by atoms with Crippen LogP contribution in [0.1, 0.15) is 0 Å². The molecule has 0 spiro atoms. The maximum atomic E-state index is 10.3. The number of carbonyl (C=O) groups excluding carboxylic acids is 1. The number of rotatable bonds is 3.